The summed E-state index contributed by atoms with van der Waals surface area (Å²) in [4.78, 5) is 15.9. The van der Waals surface area contributed by atoms with Gasteiger partial charge in [-0.2, -0.15) is 0 Å². The first-order valence-corrected chi connectivity index (χ1v) is 7.84. The molecule has 0 aliphatic heterocycles. The number of ether oxygens (including phenoxy) is 1. The Morgan fingerprint density at radius 2 is 1.83 bits per heavy atom. The molecule has 23 heavy (non-hydrogen) atoms. The van der Waals surface area contributed by atoms with E-state index in [9.17, 15) is 4.79 Å². The minimum absolute atomic E-state index is 0.0550. The molecule has 0 amide bonds. The molecule has 116 valence electrons. The Hall–Kier alpha value is -2.68. The van der Waals surface area contributed by atoms with Crippen LogP contribution in [0.5, 0.6) is 11.6 Å². The molecule has 0 radical (unpaired) electrons. The number of carbonyl (C=O) groups is 1. The first kappa shape index (κ1) is 15.2. The van der Waals surface area contributed by atoms with Crippen molar-refractivity contribution in [2.24, 2.45) is 0 Å². The van der Waals surface area contributed by atoms with Gasteiger partial charge in [0, 0.05) is 17.0 Å². The maximum atomic E-state index is 11.4. The molecule has 0 saturated heterocycles. The van der Waals surface area contributed by atoms with Crippen LogP contribution in [0.1, 0.15) is 36.2 Å². The number of Topliss-reactive ketones (excluding diaryl/α,β-unsaturated/α-hetero) is 1. The summed E-state index contributed by atoms with van der Waals surface area (Å²) in [6, 6.07) is 17.4. The molecule has 0 fully saturated rings. The molecule has 0 aliphatic carbocycles. The summed E-state index contributed by atoms with van der Waals surface area (Å²) in [5, 5.41) is 0.934. The lowest BCUT2D eigenvalue weighted by molar-refractivity contribution is 0.101. The third-order valence-electron chi connectivity index (χ3n) is 3.75. The molecule has 0 atom stereocenters. The molecule has 2 aromatic carbocycles. The van der Waals surface area contributed by atoms with Crippen LogP contribution in [0.3, 0.4) is 0 Å². The summed E-state index contributed by atoms with van der Waals surface area (Å²) < 4.78 is 5.82. The third-order valence-corrected chi connectivity index (χ3v) is 3.75. The van der Waals surface area contributed by atoms with Crippen molar-refractivity contribution in [1.29, 1.82) is 0 Å². The van der Waals surface area contributed by atoms with Crippen LogP contribution in [-0.4, -0.2) is 10.8 Å². The lowest BCUT2D eigenvalue weighted by atomic mass is 10.1. The zero-order valence-corrected chi connectivity index (χ0v) is 13.4. The number of benzene rings is 2. The third kappa shape index (κ3) is 3.57. The van der Waals surface area contributed by atoms with Crippen LogP contribution >= 0.6 is 0 Å². The monoisotopic (exact) mass is 305 g/mol. The number of nitrogens with zero attached hydrogens (tertiary/aromatic N) is 1. The van der Waals surface area contributed by atoms with E-state index in [1.807, 2.05) is 36.4 Å². The number of pyridine rings is 1. The molecule has 3 nitrogen and oxygen atoms in total. The predicted octanol–water partition coefficient (Wildman–Crippen LogP) is 5.18. The molecule has 0 unspecified atom stereocenters. The van der Waals surface area contributed by atoms with E-state index in [1.54, 1.807) is 13.0 Å². The van der Waals surface area contributed by atoms with Gasteiger partial charge in [0.2, 0.25) is 5.88 Å². The quantitative estimate of drug-likeness (QED) is 0.609. The number of ketones is 1. The summed E-state index contributed by atoms with van der Waals surface area (Å²) >= 11 is 0. The van der Waals surface area contributed by atoms with Crippen LogP contribution in [0.4, 0.5) is 0 Å². The second-order valence-corrected chi connectivity index (χ2v) is 5.61. The van der Waals surface area contributed by atoms with Crippen molar-refractivity contribution in [2.45, 2.75) is 26.7 Å². The van der Waals surface area contributed by atoms with Gasteiger partial charge in [0.25, 0.3) is 0 Å². The summed E-state index contributed by atoms with van der Waals surface area (Å²) in [7, 11) is 0. The Morgan fingerprint density at radius 1 is 1.04 bits per heavy atom. The van der Waals surface area contributed by atoms with Gasteiger partial charge in [-0.05, 0) is 55.3 Å². The van der Waals surface area contributed by atoms with Crippen molar-refractivity contribution in [1.82, 2.24) is 4.98 Å². The number of hydrogen-bond acceptors (Lipinski definition) is 3. The van der Waals surface area contributed by atoms with E-state index < -0.39 is 0 Å². The summed E-state index contributed by atoms with van der Waals surface area (Å²) in [5.74, 6) is 1.38. The summed E-state index contributed by atoms with van der Waals surface area (Å²) in [5.41, 5.74) is 2.82. The number of carbonyl (C=O) groups excluding carboxylic acids is 1. The van der Waals surface area contributed by atoms with Gasteiger partial charge in [0.05, 0.1) is 5.52 Å². The van der Waals surface area contributed by atoms with Gasteiger partial charge in [-0.15, -0.1) is 0 Å². The highest BCUT2D eigenvalue weighted by Crippen LogP contribution is 2.23. The smallest absolute Gasteiger partial charge is 0.219 e. The minimum atomic E-state index is 0.0550. The second kappa shape index (κ2) is 6.61. The maximum Gasteiger partial charge on any atom is 0.219 e. The highest BCUT2D eigenvalue weighted by Gasteiger charge is 2.04. The van der Waals surface area contributed by atoms with Crippen molar-refractivity contribution in [3.8, 4) is 11.6 Å². The zero-order chi connectivity index (χ0) is 16.2. The van der Waals surface area contributed by atoms with Crippen molar-refractivity contribution in [3.63, 3.8) is 0 Å². The molecule has 1 heterocycles. The fraction of sp³-hybridized carbons (Fsp3) is 0.200. The van der Waals surface area contributed by atoms with Crippen LogP contribution in [0.15, 0.2) is 54.6 Å². The molecule has 3 heteroatoms. The van der Waals surface area contributed by atoms with Crippen molar-refractivity contribution in [2.75, 3.05) is 0 Å². The van der Waals surface area contributed by atoms with E-state index in [0.717, 1.165) is 29.5 Å². The zero-order valence-electron chi connectivity index (χ0n) is 13.4. The van der Waals surface area contributed by atoms with Gasteiger partial charge in [-0.3, -0.25) is 4.79 Å². The first-order chi connectivity index (χ1) is 11.2. The van der Waals surface area contributed by atoms with Crippen molar-refractivity contribution in [3.05, 3.63) is 65.7 Å². The molecule has 3 rings (SSSR count). The van der Waals surface area contributed by atoms with Gasteiger partial charge in [-0.1, -0.05) is 25.5 Å². The average Bonchev–Trinajstić information content (AvgIpc) is 2.56. The molecule has 1 aromatic heterocycles. The molecule has 3 aromatic rings. The van der Waals surface area contributed by atoms with Crippen LogP contribution in [-0.2, 0) is 6.42 Å². The maximum absolute atomic E-state index is 11.4. The summed E-state index contributed by atoms with van der Waals surface area (Å²) in [6.07, 6.45) is 2.21. The fourth-order valence-corrected chi connectivity index (χ4v) is 2.52. The molecule has 0 spiro atoms. The van der Waals surface area contributed by atoms with Crippen LogP contribution in [0, 0.1) is 0 Å². The van der Waals surface area contributed by atoms with Gasteiger partial charge in [-0.25, -0.2) is 4.98 Å². The highest BCUT2D eigenvalue weighted by molar-refractivity contribution is 5.97. The number of aromatic nitrogens is 1. The topological polar surface area (TPSA) is 39.2 Å². The minimum Gasteiger partial charge on any atom is -0.439 e. The van der Waals surface area contributed by atoms with Crippen LogP contribution in [0.25, 0.3) is 10.9 Å². The molecule has 0 saturated carbocycles. The van der Waals surface area contributed by atoms with Gasteiger partial charge < -0.3 is 4.74 Å². The Kier molecular flexibility index (Phi) is 4.38. The molecule has 0 aliphatic rings. The number of rotatable bonds is 5. The molecule has 0 bridgehead atoms. The fourth-order valence-electron chi connectivity index (χ4n) is 2.52. The van der Waals surface area contributed by atoms with Gasteiger partial charge >= 0.3 is 0 Å². The Bertz CT molecular complexity index is 838. The first-order valence-electron chi connectivity index (χ1n) is 7.84. The van der Waals surface area contributed by atoms with Crippen LogP contribution < -0.4 is 4.74 Å². The lowest BCUT2D eigenvalue weighted by Gasteiger charge is -2.07. The predicted molar refractivity (Wildman–Crippen MR) is 92.3 cm³/mol. The highest BCUT2D eigenvalue weighted by atomic mass is 16.5. The van der Waals surface area contributed by atoms with E-state index in [-0.39, 0.29) is 5.78 Å². The number of hydrogen-bond donors (Lipinski definition) is 0. The Labute approximate surface area is 135 Å². The number of aryl methyl sites for hydroxylation is 1. The summed E-state index contributed by atoms with van der Waals surface area (Å²) in [6.45, 7) is 3.73. The van der Waals surface area contributed by atoms with Crippen molar-refractivity contribution < 1.29 is 9.53 Å². The van der Waals surface area contributed by atoms with E-state index in [0.29, 0.717) is 11.4 Å². The largest absolute Gasteiger partial charge is 0.439 e. The lowest BCUT2D eigenvalue weighted by Crippen LogP contribution is -1.93. The molecule has 0 N–H and O–H groups in total. The van der Waals surface area contributed by atoms with Gasteiger partial charge in [0.1, 0.15) is 5.75 Å². The standard InChI is InChI=1S/C20H19NO2/c1-3-4-15-5-9-18(10-6-15)23-20-12-8-17-13-16(14(2)22)7-11-19(17)21-20/h5-13H,3-4H2,1-2H3. The number of fused-ring (bicyclic) bond motifs is 1. The van der Waals surface area contributed by atoms with Crippen LogP contribution in [0.2, 0.25) is 0 Å². The Morgan fingerprint density at radius 3 is 2.52 bits per heavy atom. The van der Waals surface area contributed by atoms with Crippen molar-refractivity contribution >= 4 is 16.7 Å². The SMILES string of the molecule is CCCc1ccc(Oc2ccc3cc(C(C)=O)ccc3n2)cc1. The average molecular weight is 305 g/mol. The van der Waals surface area contributed by atoms with E-state index >= 15 is 0 Å². The molecular weight excluding hydrogens is 286 g/mol. The van der Waals surface area contributed by atoms with E-state index in [2.05, 4.69) is 24.0 Å². The second-order valence-electron chi connectivity index (χ2n) is 5.61. The van der Waals surface area contributed by atoms with E-state index in [4.69, 9.17) is 4.74 Å². The normalized spacial score (nSPS) is 10.7. The molecular formula is C20H19NO2. The van der Waals surface area contributed by atoms with E-state index in [1.165, 1.54) is 5.56 Å². The Balaban J connectivity index is 1.82. The van der Waals surface area contributed by atoms with Gasteiger partial charge in [0.15, 0.2) is 5.78 Å².